The lowest BCUT2D eigenvalue weighted by Crippen LogP contribution is -2.20. The number of nitrogens with zero attached hydrogens (tertiary/aromatic N) is 2. The van der Waals surface area contributed by atoms with E-state index in [1.165, 1.54) is 6.42 Å². The minimum Gasteiger partial charge on any atom is -0.337 e. The molecular formula is C13H25N3. The first-order valence-electron chi connectivity index (χ1n) is 6.02. The molecule has 0 spiro atoms. The van der Waals surface area contributed by atoms with Crippen LogP contribution in [0.3, 0.4) is 0 Å². The summed E-state index contributed by atoms with van der Waals surface area (Å²) in [5.74, 6) is 1.62. The zero-order valence-electron chi connectivity index (χ0n) is 11.2. The Balaban J connectivity index is 2.52. The SMILES string of the molecule is CC(CC(N)c1nccn1C)CC(C)(C)C. The van der Waals surface area contributed by atoms with E-state index in [0.29, 0.717) is 11.3 Å². The summed E-state index contributed by atoms with van der Waals surface area (Å²) in [6, 6.07) is 0.0531. The van der Waals surface area contributed by atoms with Crippen molar-refractivity contribution in [3.05, 3.63) is 18.2 Å². The third kappa shape index (κ3) is 3.97. The van der Waals surface area contributed by atoms with Gasteiger partial charge in [0.2, 0.25) is 0 Å². The van der Waals surface area contributed by atoms with Crippen LogP contribution in [0.4, 0.5) is 0 Å². The summed E-state index contributed by atoms with van der Waals surface area (Å²) < 4.78 is 2.01. The van der Waals surface area contributed by atoms with E-state index < -0.39 is 0 Å². The van der Waals surface area contributed by atoms with Gasteiger partial charge in [-0.1, -0.05) is 27.7 Å². The molecule has 0 aliphatic carbocycles. The van der Waals surface area contributed by atoms with Gasteiger partial charge in [-0.3, -0.25) is 0 Å². The molecule has 0 saturated heterocycles. The highest BCUT2D eigenvalue weighted by Crippen LogP contribution is 2.28. The lowest BCUT2D eigenvalue weighted by molar-refractivity contribution is 0.283. The minimum absolute atomic E-state index is 0.0531. The maximum Gasteiger partial charge on any atom is 0.125 e. The van der Waals surface area contributed by atoms with E-state index in [2.05, 4.69) is 32.7 Å². The van der Waals surface area contributed by atoms with E-state index in [4.69, 9.17) is 5.73 Å². The molecule has 2 atom stereocenters. The lowest BCUT2D eigenvalue weighted by atomic mass is 9.83. The van der Waals surface area contributed by atoms with Gasteiger partial charge >= 0.3 is 0 Å². The Hall–Kier alpha value is -0.830. The van der Waals surface area contributed by atoms with Crippen molar-refractivity contribution >= 4 is 0 Å². The molecule has 0 bridgehead atoms. The van der Waals surface area contributed by atoms with Gasteiger partial charge < -0.3 is 10.3 Å². The predicted molar refractivity (Wildman–Crippen MR) is 68.0 cm³/mol. The van der Waals surface area contributed by atoms with Crippen LogP contribution in [-0.2, 0) is 7.05 Å². The summed E-state index contributed by atoms with van der Waals surface area (Å²) in [5.41, 5.74) is 6.55. The Morgan fingerprint density at radius 3 is 2.50 bits per heavy atom. The fourth-order valence-electron chi connectivity index (χ4n) is 2.40. The maximum absolute atomic E-state index is 6.18. The van der Waals surface area contributed by atoms with Crippen molar-refractivity contribution < 1.29 is 0 Å². The molecule has 0 aromatic carbocycles. The Morgan fingerprint density at radius 2 is 2.06 bits per heavy atom. The maximum atomic E-state index is 6.18. The third-order valence-corrected chi connectivity index (χ3v) is 2.81. The van der Waals surface area contributed by atoms with Gasteiger partial charge in [0, 0.05) is 19.4 Å². The topological polar surface area (TPSA) is 43.8 Å². The van der Waals surface area contributed by atoms with E-state index in [1.54, 1.807) is 0 Å². The number of aromatic nitrogens is 2. The standard InChI is InChI=1S/C13H25N3/c1-10(9-13(2,3)4)8-11(14)12-15-6-7-16(12)5/h6-7,10-11H,8-9,14H2,1-5H3. The molecule has 2 N–H and O–H groups in total. The average Bonchev–Trinajstić information content (AvgIpc) is 2.47. The summed E-state index contributed by atoms with van der Waals surface area (Å²) >= 11 is 0. The molecule has 1 aromatic rings. The van der Waals surface area contributed by atoms with Crippen LogP contribution >= 0.6 is 0 Å². The molecule has 0 fully saturated rings. The summed E-state index contributed by atoms with van der Waals surface area (Å²) in [7, 11) is 2.00. The first-order valence-corrected chi connectivity index (χ1v) is 6.02. The van der Waals surface area contributed by atoms with Gasteiger partial charge in [0.25, 0.3) is 0 Å². The van der Waals surface area contributed by atoms with Crippen LogP contribution in [0.1, 0.15) is 52.4 Å². The molecule has 2 unspecified atom stereocenters. The normalized spacial score (nSPS) is 16.1. The number of nitrogens with two attached hydrogens (primary N) is 1. The van der Waals surface area contributed by atoms with E-state index >= 15 is 0 Å². The lowest BCUT2D eigenvalue weighted by Gasteiger charge is -2.25. The van der Waals surface area contributed by atoms with Gasteiger partial charge in [-0.25, -0.2) is 4.98 Å². The van der Waals surface area contributed by atoms with Crippen LogP contribution in [0.5, 0.6) is 0 Å². The first kappa shape index (κ1) is 13.2. The van der Waals surface area contributed by atoms with Crippen LogP contribution in [0, 0.1) is 11.3 Å². The van der Waals surface area contributed by atoms with E-state index in [9.17, 15) is 0 Å². The largest absolute Gasteiger partial charge is 0.337 e. The number of imidazole rings is 1. The van der Waals surface area contributed by atoms with E-state index in [1.807, 2.05) is 24.0 Å². The Kier molecular flexibility index (Phi) is 4.14. The highest BCUT2D eigenvalue weighted by molar-refractivity contribution is 4.97. The van der Waals surface area contributed by atoms with Crippen LogP contribution in [0.15, 0.2) is 12.4 Å². The molecule has 1 aromatic heterocycles. The summed E-state index contributed by atoms with van der Waals surface area (Å²) in [6.45, 7) is 9.09. The van der Waals surface area contributed by atoms with Crippen molar-refractivity contribution in [1.29, 1.82) is 0 Å². The predicted octanol–water partition coefficient (Wildman–Crippen LogP) is 2.88. The monoisotopic (exact) mass is 223 g/mol. The molecule has 1 heterocycles. The zero-order chi connectivity index (χ0) is 12.3. The zero-order valence-corrected chi connectivity index (χ0v) is 11.2. The fraction of sp³-hybridized carbons (Fsp3) is 0.769. The molecule has 0 saturated carbocycles. The molecule has 0 radical (unpaired) electrons. The third-order valence-electron chi connectivity index (χ3n) is 2.81. The molecule has 3 heteroatoms. The van der Waals surface area contributed by atoms with Crippen molar-refractivity contribution in [1.82, 2.24) is 9.55 Å². The average molecular weight is 223 g/mol. The smallest absolute Gasteiger partial charge is 0.125 e. The van der Waals surface area contributed by atoms with Crippen LogP contribution in [0.2, 0.25) is 0 Å². The summed E-state index contributed by atoms with van der Waals surface area (Å²) in [5, 5.41) is 0. The van der Waals surface area contributed by atoms with Gasteiger partial charge in [-0.15, -0.1) is 0 Å². The van der Waals surface area contributed by atoms with Gasteiger partial charge in [0.1, 0.15) is 5.82 Å². The Morgan fingerprint density at radius 1 is 1.44 bits per heavy atom. The van der Waals surface area contributed by atoms with Crippen molar-refractivity contribution in [2.24, 2.45) is 24.1 Å². The van der Waals surface area contributed by atoms with Crippen LogP contribution < -0.4 is 5.73 Å². The second-order valence-corrected chi connectivity index (χ2v) is 6.11. The van der Waals surface area contributed by atoms with Gasteiger partial charge in [-0.05, 0) is 24.2 Å². The molecular weight excluding hydrogens is 198 g/mol. The van der Waals surface area contributed by atoms with Gasteiger partial charge in [-0.2, -0.15) is 0 Å². The van der Waals surface area contributed by atoms with Crippen molar-refractivity contribution in [2.75, 3.05) is 0 Å². The molecule has 1 rings (SSSR count). The Bertz CT molecular complexity index is 322. The van der Waals surface area contributed by atoms with Crippen molar-refractivity contribution in [2.45, 2.75) is 46.6 Å². The number of rotatable bonds is 4. The first-order chi connectivity index (χ1) is 7.29. The van der Waals surface area contributed by atoms with Gasteiger partial charge in [0.05, 0.1) is 6.04 Å². The molecule has 92 valence electrons. The molecule has 16 heavy (non-hydrogen) atoms. The van der Waals surface area contributed by atoms with E-state index in [0.717, 1.165) is 12.2 Å². The number of hydrogen-bond acceptors (Lipinski definition) is 2. The molecule has 0 aliphatic rings. The highest BCUT2D eigenvalue weighted by Gasteiger charge is 2.19. The van der Waals surface area contributed by atoms with Crippen LogP contribution in [-0.4, -0.2) is 9.55 Å². The van der Waals surface area contributed by atoms with Gasteiger partial charge in [0.15, 0.2) is 0 Å². The van der Waals surface area contributed by atoms with Crippen molar-refractivity contribution in [3.8, 4) is 0 Å². The quantitative estimate of drug-likeness (QED) is 0.853. The fourth-order valence-corrected chi connectivity index (χ4v) is 2.40. The second-order valence-electron chi connectivity index (χ2n) is 6.11. The Labute approximate surface area is 99.1 Å². The van der Waals surface area contributed by atoms with Crippen molar-refractivity contribution in [3.63, 3.8) is 0 Å². The number of hydrogen-bond donors (Lipinski definition) is 1. The molecule has 0 amide bonds. The second kappa shape index (κ2) is 5.00. The number of aryl methyl sites for hydroxylation is 1. The highest BCUT2D eigenvalue weighted by atomic mass is 15.1. The van der Waals surface area contributed by atoms with Crippen LogP contribution in [0.25, 0.3) is 0 Å². The van der Waals surface area contributed by atoms with E-state index in [-0.39, 0.29) is 6.04 Å². The molecule has 0 aliphatic heterocycles. The summed E-state index contributed by atoms with van der Waals surface area (Å²) in [4.78, 5) is 4.30. The summed E-state index contributed by atoms with van der Waals surface area (Å²) in [6.07, 6.45) is 5.96. The molecule has 3 nitrogen and oxygen atoms in total. The minimum atomic E-state index is 0.0531.